The van der Waals surface area contributed by atoms with Gasteiger partial charge in [0.2, 0.25) is 0 Å². The van der Waals surface area contributed by atoms with Gasteiger partial charge in [0.25, 0.3) is 0 Å². The molecule has 0 amide bonds. The van der Waals surface area contributed by atoms with E-state index in [0.29, 0.717) is 11.5 Å². The fourth-order valence-corrected chi connectivity index (χ4v) is 2.30. The first kappa shape index (κ1) is 8.56. The summed E-state index contributed by atoms with van der Waals surface area (Å²) in [5.74, 6) is 0.609. The number of benzene rings is 1. The predicted octanol–water partition coefficient (Wildman–Crippen LogP) is 3.80. The minimum atomic E-state index is -2.26. The lowest BCUT2D eigenvalue weighted by atomic mass is 9.89. The highest BCUT2D eigenvalue weighted by atomic mass is 15.0. The standard InChI is InChI=1S/C18H25N2/c1-12-8-9-15(13(2)10-12)17-19-16(18(4,5)6)14(3)11-20(17)7/h8-11H,1-7H3/q+1/i1D3,3D3. The van der Waals surface area contributed by atoms with Crippen LogP contribution in [0.25, 0.3) is 11.4 Å². The van der Waals surface area contributed by atoms with Crippen LogP contribution in [-0.4, -0.2) is 4.98 Å². The molecule has 0 bridgehead atoms. The smallest absolute Gasteiger partial charge is 0.233 e. The number of rotatable bonds is 1. The van der Waals surface area contributed by atoms with Gasteiger partial charge in [0.15, 0.2) is 5.69 Å². The van der Waals surface area contributed by atoms with Crippen molar-refractivity contribution in [3.63, 3.8) is 0 Å². The van der Waals surface area contributed by atoms with Crippen molar-refractivity contribution in [1.29, 1.82) is 0 Å². The van der Waals surface area contributed by atoms with Crippen molar-refractivity contribution < 1.29 is 12.8 Å². The largest absolute Gasteiger partial charge is 0.330 e. The second kappa shape index (κ2) is 5.01. The van der Waals surface area contributed by atoms with E-state index in [9.17, 15) is 0 Å². The first-order chi connectivity index (χ1) is 11.6. The molecule has 106 valence electrons. The number of aromatic nitrogens is 2. The molecule has 2 aromatic rings. The van der Waals surface area contributed by atoms with E-state index in [2.05, 4.69) is 0 Å². The summed E-state index contributed by atoms with van der Waals surface area (Å²) in [6, 6.07) is 4.95. The van der Waals surface area contributed by atoms with Gasteiger partial charge in [-0.05, 0) is 37.2 Å². The van der Waals surface area contributed by atoms with E-state index in [1.165, 1.54) is 0 Å². The highest BCUT2D eigenvalue weighted by Crippen LogP contribution is 2.26. The third-order valence-electron chi connectivity index (χ3n) is 3.31. The van der Waals surface area contributed by atoms with Gasteiger partial charge in [0, 0.05) is 19.2 Å². The van der Waals surface area contributed by atoms with Gasteiger partial charge in [0.05, 0.1) is 18.8 Å². The molecule has 1 aromatic heterocycles. The van der Waals surface area contributed by atoms with E-state index in [4.69, 9.17) is 13.2 Å². The van der Waals surface area contributed by atoms with Crippen LogP contribution in [0.1, 0.15) is 51.4 Å². The van der Waals surface area contributed by atoms with Crippen molar-refractivity contribution in [1.82, 2.24) is 4.98 Å². The molecule has 1 aromatic carbocycles. The maximum absolute atomic E-state index is 7.82. The quantitative estimate of drug-likeness (QED) is 0.723. The molecular weight excluding hydrogens is 244 g/mol. The van der Waals surface area contributed by atoms with E-state index in [1.54, 1.807) is 36.0 Å². The SMILES string of the molecule is [2H]C([2H])([2H])c1ccc(-c2nc(C(C)(C)C)c(C([2H])([2H])[2H])c[n+]2C)c(C)c1. The Bertz CT molecular complexity index is 829. The molecule has 0 aliphatic carbocycles. The number of hydrogen-bond acceptors (Lipinski definition) is 1. The van der Waals surface area contributed by atoms with Crippen LogP contribution >= 0.6 is 0 Å². The summed E-state index contributed by atoms with van der Waals surface area (Å²) >= 11 is 0. The first-order valence-electron chi connectivity index (χ1n) is 9.65. The van der Waals surface area contributed by atoms with Crippen molar-refractivity contribution in [2.24, 2.45) is 7.05 Å². The molecule has 0 unspecified atom stereocenters. The molecule has 0 N–H and O–H groups in total. The monoisotopic (exact) mass is 275 g/mol. The topological polar surface area (TPSA) is 16.8 Å². The Morgan fingerprint density at radius 2 is 1.90 bits per heavy atom. The maximum Gasteiger partial charge on any atom is 0.330 e. The summed E-state index contributed by atoms with van der Waals surface area (Å²) in [5, 5.41) is 0. The van der Waals surface area contributed by atoms with Gasteiger partial charge >= 0.3 is 5.82 Å². The molecule has 0 fully saturated rings. The average Bonchev–Trinajstić information content (AvgIpc) is 2.44. The van der Waals surface area contributed by atoms with Crippen LogP contribution in [0.3, 0.4) is 0 Å². The molecule has 0 saturated carbocycles. The molecule has 0 saturated heterocycles. The Kier molecular flexibility index (Phi) is 2.14. The first-order valence-corrected chi connectivity index (χ1v) is 6.65. The summed E-state index contributed by atoms with van der Waals surface area (Å²) in [5.41, 5.74) is 2.14. The van der Waals surface area contributed by atoms with Crippen LogP contribution in [0.4, 0.5) is 0 Å². The summed E-state index contributed by atoms with van der Waals surface area (Å²) in [4.78, 5) is 4.70. The third kappa shape index (κ3) is 2.74. The lowest BCUT2D eigenvalue weighted by Crippen LogP contribution is -2.35. The Labute approximate surface area is 130 Å². The van der Waals surface area contributed by atoms with E-state index in [0.717, 1.165) is 11.1 Å². The molecule has 0 atom stereocenters. The van der Waals surface area contributed by atoms with Gasteiger partial charge in [-0.3, -0.25) is 0 Å². The van der Waals surface area contributed by atoms with E-state index in [1.807, 2.05) is 27.7 Å². The van der Waals surface area contributed by atoms with Crippen LogP contribution in [-0.2, 0) is 12.5 Å². The fourth-order valence-electron chi connectivity index (χ4n) is 2.30. The minimum absolute atomic E-state index is 0.230. The predicted molar refractivity (Wildman–Crippen MR) is 83.8 cm³/mol. The zero-order valence-electron chi connectivity index (χ0n) is 18.7. The molecule has 1 heterocycles. The molecule has 2 rings (SSSR count). The molecule has 2 nitrogen and oxygen atoms in total. The maximum atomic E-state index is 7.82. The molecule has 0 spiro atoms. The van der Waals surface area contributed by atoms with Crippen LogP contribution in [0.5, 0.6) is 0 Å². The summed E-state index contributed by atoms with van der Waals surface area (Å²) in [7, 11) is 1.75. The van der Waals surface area contributed by atoms with Crippen LogP contribution in [0.2, 0.25) is 0 Å². The fraction of sp³-hybridized carbons (Fsp3) is 0.444. The molecule has 2 heteroatoms. The highest BCUT2D eigenvalue weighted by molar-refractivity contribution is 5.58. The van der Waals surface area contributed by atoms with E-state index >= 15 is 0 Å². The molecule has 0 aliphatic heterocycles. The van der Waals surface area contributed by atoms with Crippen LogP contribution in [0, 0.1) is 20.6 Å². The normalized spacial score (nSPS) is 17.4. The van der Waals surface area contributed by atoms with Crippen LogP contribution < -0.4 is 4.57 Å². The summed E-state index contributed by atoms with van der Waals surface area (Å²) in [6.45, 7) is 3.20. The number of hydrogen-bond donors (Lipinski definition) is 0. The zero-order chi connectivity index (χ0) is 20.1. The van der Waals surface area contributed by atoms with Crippen molar-refractivity contribution in [3.8, 4) is 11.4 Å². The third-order valence-corrected chi connectivity index (χ3v) is 3.31. The summed E-state index contributed by atoms with van der Waals surface area (Å²) < 4.78 is 47.8. The van der Waals surface area contributed by atoms with Crippen molar-refractivity contribution in [2.45, 2.75) is 46.8 Å². The van der Waals surface area contributed by atoms with Crippen molar-refractivity contribution in [3.05, 3.63) is 46.8 Å². The second-order valence-corrected chi connectivity index (χ2v) is 6.22. The average molecular weight is 275 g/mol. The van der Waals surface area contributed by atoms with Gasteiger partial charge < -0.3 is 0 Å². The molecule has 0 radical (unpaired) electrons. The van der Waals surface area contributed by atoms with Gasteiger partial charge in [-0.15, -0.1) is 0 Å². The Balaban J connectivity index is 2.72. The second-order valence-electron chi connectivity index (χ2n) is 6.22. The van der Waals surface area contributed by atoms with E-state index < -0.39 is 19.1 Å². The molecular formula is C18H25N2+. The zero-order valence-corrected chi connectivity index (χ0v) is 12.7. The van der Waals surface area contributed by atoms with Gasteiger partial charge in [0.1, 0.15) is 0 Å². The number of nitrogens with zero attached hydrogens (tertiary/aromatic N) is 2. The highest BCUT2D eigenvalue weighted by Gasteiger charge is 2.27. The molecule has 0 aliphatic rings. The van der Waals surface area contributed by atoms with Crippen molar-refractivity contribution in [2.75, 3.05) is 0 Å². The summed E-state index contributed by atoms with van der Waals surface area (Å²) in [6.07, 6.45) is 1.60. The van der Waals surface area contributed by atoms with Gasteiger partial charge in [-0.25, -0.2) is 4.57 Å². The van der Waals surface area contributed by atoms with Gasteiger partial charge in [-0.1, -0.05) is 38.5 Å². The van der Waals surface area contributed by atoms with Crippen LogP contribution in [0.15, 0.2) is 24.4 Å². The molecule has 20 heavy (non-hydrogen) atoms. The Morgan fingerprint density at radius 1 is 1.15 bits per heavy atom. The van der Waals surface area contributed by atoms with Gasteiger partial charge in [-0.2, -0.15) is 0 Å². The Morgan fingerprint density at radius 3 is 2.45 bits per heavy atom. The minimum Gasteiger partial charge on any atom is -0.233 e. The van der Waals surface area contributed by atoms with E-state index in [-0.39, 0.29) is 11.1 Å². The number of aryl methyl sites for hydroxylation is 4. The lowest BCUT2D eigenvalue weighted by molar-refractivity contribution is -0.663. The Hall–Kier alpha value is -1.70. The van der Waals surface area contributed by atoms with Crippen molar-refractivity contribution >= 4 is 0 Å². The lowest BCUT2D eigenvalue weighted by Gasteiger charge is -2.16.